The summed E-state index contributed by atoms with van der Waals surface area (Å²) in [5.41, 5.74) is -0.803. The van der Waals surface area contributed by atoms with Crippen molar-refractivity contribution in [2.24, 2.45) is 0 Å². The molecular weight excluding hydrogens is 228 g/mol. The number of carbonyl (C=O) groups excluding carboxylic acids is 1. The third-order valence-corrected chi connectivity index (χ3v) is 1.86. The van der Waals surface area contributed by atoms with E-state index in [1.54, 1.807) is 0 Å². The number of carbonyl (C=O) groups is 1. The van der Waals surface area contributed by atoms with Gasteiger partial charge in [0.1, 0.15) is 5.75 Å². The van der Waals surface area contributed by atoms with Gasteiger partial charge in [-0.25, -0.2) is 8.78 Å². The maximum atomic E-state index is 12.5. The van der Waals surface area contributed by atoms with Crippen LogP contribution in [0.1, 0.15) is 29.3 Å². The molecule has 2 nitrogen and oxygen atoms in total. The molecule has 0 N–H and O–H groups in total. The largest absolute Gasteiger partial charge is 0.435 e. The first kappa shape index (κ1) is 12.5. The average molecular weight is 236 g/mol. The number of ketones is 1. The summed E-state index contributed by atoms with van der Waals surface area (Å²) in [7, 11) is 0. The first-order chi connectivity index (χ1) is 7.41. The highest BCUT2D eigenvalue weighted by molar-refractivity contribution is 5.95. The van der Waals surface area contributed by atoms with Crippen LogP contribution in [0.5, 0.6) is 5.75 Å². The molecule has 0 unspecified atom stereocenters. The van der Waals surface area contributed by atoms with Crippen LogP contribution >= 0.6 is 0 Å². The lowest BCUT2D eigenvalue weighted by atomic mass is 10.0. The first-order valence-corrected chi connectivity index (χ1v) is 4.29. The maximum absolute atomic E-state index is 12.5. The lowest BCUT2D eigenvalue weighted by Gasteiger charge is -2.09. The number of benzene rings is 1. The fraction of sp³-hybridized carbons (Fsp3) is 0.300. The van der Waals surface area contributed by atoms with Crippen LogP contribution in [0, 0.1) is 0 Å². The van der Waals surface area contributed by atoms with Crippen molar-refractivity contribution in [1.29, 1.82) is 0 Å². The molecule has 0 atom stereocenters. The SMILES string of the molecule is CC(=O)c1ccc(OC(F)F)cc1C(F)F. The van der Waals surface area contributed by atoms with Gasteiger partial charge in [-0.15, -0.1) is 0 Å². The van der Waals surface area contributed by atoms with Gasteiger partial charge in [0.15, 0.2) is 5.78 Å². The monoisotopic (exact) mass is 236 g/mol. The van der Waals surface area contributed by atoms with Gasteiger partial charge in [0, 0.05) is 11.1 Å². The molecule has 88 valence electrons. The molecule has 0 aliphatic heterocycles. The number of ether oxygens (including phenoxy) is 1. The van der Waals surface area contributed by atoms with Crippen molar-refractivity contribution in [2.45, 2.75) is 20.0 Å². The van der Waals surface area contributed by atoms with Crippen LogP contribution in [0.3, 0.4) is 0 Å². The van der Waals surface area contributed by atoms with Crippen molar-refractivity contribution < 1.29 is 27.1 Å². The third-order valence-electron chi connectivity index (χ3n) is 1.86. The summed E-state index contributed by atoms with van der Waals surface area (Å²) < 4.78 is 52.7. The van der Waals surface area contributed by atoms with Crippen LogP contribution in [-0.2, 0) is 0 Å². The Morgan fingerprint density at radius 3 is 2.31 bits per heavy atom. The topological polar surface area (TPSA) is 26.3 Å². The minimum atomic E-state index is -3.09. The molecule has 1 aromatic carbocycles. The number of hydrogen-bond acceptors (Lipinski definition) is 2. The molecule has 6 heteroatoms. The van der Waals surface area contributed by atoms with Crippen LogP contribution in [0.25, 0.3) is 0 Å². The molecule has 16 heavy (non-hydrogen) atoms. The van der Waals surface area contributed by atoms with Crippen molar-refractivity contribution in [3.8, 4) is 5.75 Å². The van der Waals surface area contributed by atoms with Gasteiger partial charge in [0.25, 0.3) is 6.43 Å². The van der Waals surface area contributed by atoms with Crippen molar-refractivity contribution in [3.05, 3.63) is 29.3 Å². The van der Waals surface area contributed by atoms with Crippen molar-refractivity contribution in [1.82, 2.24) is 0 Å². The lowest BCUT2D eigenvalue weighted by Crippen LogP contribution is -2.05. The summed E-state index contributed by atoms with van der Waals surface area (Å²) in [6.45, 7) is -1.97. The summed E-state index contributed by atoms with van der Waals surface area (Å²) in [4.78, 5) is 11.0. The molecule has 0 bridgehead atoms. The quantitative estimate of drug-likeness (QED) is 0.591. The Morgan fingerprint density at radius 1 is 1.25 bits per heavy atom. The zero-order chi connectivity index (χ0) is 12.3. The highest BCUT2D eigenvalue weighted by Gasteiger charge is 2.17. The van der Waals surface area contributed by atoms with E-state index in [1.165, 1.54) is 0 Å². The Bertz CT molecular complexity index is 390. The molecule has 0 radical (unpaired) electrons. The van der Waals surface area contributed by atoms with Gasteiger partial charge in [0.2, 0.25) is 0 Å². The molecule has 0 heterocycles. The molecule has 0 aromatic heterocycles. The standard InChI is InChI=1S/C10H8F4O2/c1-5(15)7-3-2-6(16-10(13)14)4-8(7)9(11)12/h2-4,9-10H,1H3. The van der Waals surface area contributed by atoms with Gasteiger partial charge in [-0.2, -0.15) is 8.78 Å². The summed E-state index contributed by atoms with van der Waals surface area (Å²) in [5.74, 6) is -0.950. The summed E-state index contributed by atoms with van der Waals surface area (Å²) >= 11 is 0. The van der Waals surface area contributed by atoms with Crippen LogP contribution < -0.4 is 4.74 Å². The Balaban J connectivity index is 3.12. The zero-order valence-corrected chi connectivity index (χ0v) is 8.22. The second-order valence-corrected chi connectivity index (χ2v) is 2.98. The first-order valence-electron chi connectivity index (χ1n) is 4.29. The number of Topliss-reactive ketones (excluding diaryl/α,β-unsaturated/α-hetero) is 1. The molecule has 0 fully saturated rings. The molecular formula is C10H8F4O2. The summed E-state index contributed by atoms with van der Waals surface area (Å²) in [6, 6.07) is 2.84. The smallest absolute Gasteiger partial charge is 0.387 e. The van der Waals surface area contributed by atoms with E-state index in [1.807, 2.05) is 0 Å². The van der Waals surface area contributed by atoms with E-state index in [2.05, 4.69) is 4.74 Å². The van der Waals surface area contributed by atoms with Crippen LogP contribution in [0.4, 0.5) is 17.6 Å². The maximum Gasteiger partial charge on any atom is 0.387 e. The normalized spacial score (nSPS) is 10.9. The summed E-state index contributed by atoms with van der Waals surface area (Å²) in [5, 5.41) is 0. The number of rotatable bonds is 4. The third kappa shape index (κ3) is 2.95. The number of alkyl halides is 4. The predicted octanol–water partition coefficient (Wildman–Crippen LogP) is 3.43. The molecule has 0 aliphatic carbocycles. The minimum Gasteiger partial charge on any atom is -0.435 e. The Hall–Kier alpha value is -1.59. The van der Waals surface area contributed by atoms with E-state index < -0.39 is 30.1 Å². The molecule has 0 amide bonds. The summed E-state index contributed by atoms with van der Waals surface area (Å²) in [6.07, 6.45) is -2.92. The highest BCUT2D eigenvalue weighted by atomic mass is 19.3. The van der Waals surface area contributed by atoms with Crippen LogP contribution in [0.15, 0.2) is 18.2 Å². The van der Waals surface area contributed by atoms with Crippen LogP contribution in [0.2, 0.25) is 0 Å². The van der Waals surface area contributed by atoms with Crippen molar-refractivity contribution in [3.63, 3.8) is 0 Å². The number of halogens is 4. The minimum absolute atomic E-state index is 0.198. The molecule has 0 spiro atoms. The lowest BCUT2D eigenvalue weighted by molar-refractivity contribution is -0.0500. The molecule has 1 rings (SSSR count). The second-order valence-electron chi connectivity index (χ2n) is 2.98. The van der Waals surface area contributed by atoms with Gasteiger partial charge in [-0.05, 0) is 25.1 Å². The Kier molecular flexibility index (Phi) is 3.87. The molecule has 0 aliphatic rings. The van der Waals surface area contributed by atoms with Gasteiger partial charge >= 0.3 is 6.61 Å². The zero-order valence-electron chi connectivity index (χ0n) is 8.22. The van der Waals surface area contributed by atoms with E-state index >= 15 is 0 Å². The fourth-order valence-corrected chi connectivity index (χ4v) is 1.22. The van der Waals surface area contributed by atoms with E-state index in [4.69, 9.17) is 0 Å². The van der Waals surface area contributed by atoms with E-state index in [0.29, 0.717) is 0 Å². The van der Waals surface area contributed by atoms with Gasteiger partial charge in [0.05, 0.1) is 0 Å². The highest BCUT2D eigenvalue weighted by Crippen LogP contribution is 2.28. The van der Waals surface area contributed by atoms with Crippen molar-refractivity contribution in [2.75, 3.05) is 0 Å². The molecule has 1 aromatic rings. The van der Waals surface area contributed by atoms with E-state index in [-0.39, 0.29) is 5.56 Å². The number of hydrogen-bond donors (Lipinski definition) is 0. The van der Waals surface area contributed by atoms with Crippen molar-refractivity contribution >= 4 is 5.78 Å². The average Bonchev–Trinajstić information content (AvgIpc) is 2.16. The van der Waals surface area contributed by atoms with E-state index in [9.17, 15) is 22.4 Å². The van der Waals surface area contributed by atoms with Gasteiger partial charge in [-0.3, -0.25) is 4.79 Å². The molecule has 0 saturated heterocycles. The fourth-order valence-electron chi connectivity index (χ4n) is 1.22. The van der Waals surface area contributed by atoms with Gasteiger partial charge in [-0.1, -0.05) is 0 Å². The Labute approximate surface area is 88.8 Å². The Morgan fingerprint density at radius 2 is 1.88 bits per heavy atom. The predicted molar refractivity (Wildman–Crippen MR) is 48.0 cm³/mol. The van der Waals surface area contributed by atoms with E-state index in [0.717, 1.165) is 25.1 Å². The van der Waals surface area contributed by atoms with Gasteiger partial charge < -0.3 is 4.74 Å². The second kappa shape index (κ2) is 4.96. The van der Waals surface area contributed by atoms with Crippen LogP contribution in [-0.4, -0.2) is 12.4 Å². The molecule has 0 saturated carbocycles.